The van der Waals surface area contributed by atoms with Crippen molar-refractivity contribution < 1.29 is 14.6 Å². The lowest BCUT2D eigenvalue weighted by Crippen LogP contribution is -2.56. The van der Waals surface area contributed by atoms with E-state index in [-0.39, 0.29) is 18.5 Å². The first-order valence-electron chi connectivity index (χ1n) is 10.5. The molecule has 3 heterocycles. The van der Waals surface area contributed by atoms with Crippen LogP contribution in [0.3, 0.4) is 0 Å². The molecule has 158 valence electrons. The molecule has 5 rings (SSSR count). The summed E-state index contributed by atoms with van der Waals surface area (Å²) in [5.74, 6) is 1.86. The Hall–Kier alpha value is -2.09. The van der Waals surface area contributed by atoms with Gasteiger partial charge in [0.25, 0.3) is 0 Å². The van der Waals surface area contributed by atoms with Crippen LogP contribution in [0.25, 0.3) is 0 Å². The maximum atomic E-state index is 10.6. The number of aliphatic imine (C=N–C) groups is 1. The van der Waals surface area contributed by atoms with E-state index in [0.29, 0.717) is 12.2 Å². The van der Waals surface area contributed by atoms with E-state index in [4.69, 9.17) is 14.5 Å². The number of halogens is 1. The number of likely N-dealkylation sites (tertiary alicyclic amines) is 1. The minimum Gasteiger partial charge on any atom is -0.508 e. The Balaban J connectivity index is 1.53. The van der Waals surface area contributed by atoms with Gasteiger partial charge in [0.15, 0.2) is 11.5 Å². The summed E-state index contributed by atoms with van der Waals surface area (Å²) in [6.07, 6.45) is 2.59. The van der Waals surface area contributed by atoms with Crippen molar-refractivity contribution in [1.29, 1.82) is 0 Å². The first-order valence-corrected chi connectivity index (χ1v) is 11.3. The molecule has 1 spiro atoms. The molecule has 2 N–H and O–H groups in total. The number of hydrogen-bond acceptors (Lipinski definition) is 6. The number of fused-ring (bicyclic) bond motifs is 1. The summed E-state index contributed by atoms with van der Waals surface area (Å²) in [4.78, 5) is 7.72. The molecule has 7 heteroatoms. The minimum atomic E-state index is -0.324. The van der Waals surface area contributed by atoms with Gasteiger partial charge in [0, 0.05) is 41.3 Å². The summed E-state index contributed by atoms with van der Waals surface area (Å²) in [6, 6.07) is 11.6. The van der Waals surface area contributed by atoms with Crippen molar-refractivity contribution in [2.45, 2.75) is 37.9 Å². The lowest BCUT2D eigenvalue weighted by molar-refractivity contribution is 0.129. The van der Waals surface area contributed by atoms with Gasteiger partial charge in [-0.05, 0) is 61.3 Å². The van der Waals surface area contributed by atoms with E-state index in [9.17, 15) is 5.11 Å². The summed E-state index contributed by atoms with van der Waals surface area (Å²) in [5.41, 5.74) is 2.67. The van der Waals surface area contributed by atoms with Gasteiger partial charge >= 0.3 is 0 Å². The van der Waals surface area contributed by atoms with E-state index in [1.165, 1.54) is 0 Å². The van der Waals surface area contributed by atoms with Crippen LogP contribution >= 0.6 is 15.9 Å². The van der Waals surface area contributed by atoms with E-state index in [1.807, 2.05) is 24.3 Å². The van der Waals surface area contributed by atoms with Gasteiger partial charge in [-0.25, -0.2) is 0 Å². The predicted molar refractivity (Wildman–Crippen MR) is 119 cm³/mol. The fourth-order valence-corrected chi connectivity index (χ4v) is 5.03. The van der Waals surface area contributed by atoms with Crippen molar-refractivity contribution in [1.82, 2.24) is 10.2 Å². The third-order valence-corrected chi connectivity index (χ3v) is 6.88. The summed E-state index contributed by atoms with van der Waals surface area (Å²) in [6.45, 7) is 5.55. The number of rotatable bonds is 3. The number of aromatic hydroxyl groups is 1. The number of nitrogens with zero attached hydrogens (tertiary/aromatic N) is 2. The Labute approximate surface area is 185 Å². The molecule has 3 aliphatic rings. The maximum absolute atomic E-state index is 10.6. The van der Waals surface area contributed by atoms with Gasteiger partial charge in [0.05, 0.1) is 0 Å². The van der Waals surface area contributed by atoms with Gasteiger partial charge in [0.1, 0.15) is 11.4 Å². The van der Waals surface area contributed by atoms with Gasteiger partial charge < -0.3 is 19.5 Å². The molecule has 2 aromatic rings. The smallest absolute Gasteiger partial charge is 0.231 e. The average Bonchev–Trinajstić information content (AvgIpc) is 3.23. The van der Waals surface area contributed by atoms with Crippen molar-refractivity contribution in [3.63, 3.8) is 0 Å². The highest BCUT2D eigenvalue weighted by Crippen LogP contribution is 2.40. The standard InChI is InChI=1S/C23H26BrN3O3/c1-2-27-9-7-23(8-10-27)25-18(15-3-6-21-22(11-15)30-14-29-21)13-19(26-23)17-12-16(24)4-5-20(17)28/h3-6,11-12,19,26,28H,2,7-10,13-14H2,1H3/t19-/m0/s1. The molecule has 30 heavy (non-hydrogen) atoms. The van der Waals surface area contributed by atoms with Gasteiger partial charge in [0.2, 0.25) is 6.79 Å². The molecule has 0 radical (unpaired) electrons. The first-order chi connectivity index (χ1) is 14.5. The molecule has 6 nitrogen and oxygen atoms in total. The van der Waals surface area contributed by atoms with Crippen LogP contribution in [-0.2, 0) is 0 Å². The van der Waals surface area contributed by atoms with Crippen molar-refractivity contribution in [2.24, 2.45) is 4.99 Å². The van der Waals surface area contributed by atoms with Gasteiger partial charge in [-0.3, -0.25) is 10.3 Å². The van der Waals surface area contributed by atoms with Crippen LogP contribution in [0.1, 0.15) is 43.4 Å². The zero-order chi connectivity index (χ0) is 20.7. The number of hydrogen-bond donors (Lipinski definition) is 2. The van der Waals surface area contributed by atoms with E-state index in [2.05, 4.69) is 39.1 Å². The highest BCUT2D eigenvalue weighted by atomic mass is 79.9. The molecule has 1 atom stereocenters. The van der Waals surface area contributed by atoms with Crippen molar-refractivity contribution in [3.05, 3.63) is 52.0 Å². The predicted octanol–water partition coefficient (Wildman–Crippen LogP) is 4.22. The molecule has 1 saturated heterocycles. The number of phenols is 1. The second-order valence-corrected chi connectivity index (χ2v) is 9.11. The molecule has 0 saturated carbocycles. The van der Waals surface area contributed by atoms with Crippen molar-refractivity contribution >= 4 is 21.6 Å². The van der Waals surface area contributed by atoms with Crippen molar-refractivity contribution in [3.8, 4) is 17.2 Å². The van der Waals surface area contributed by atoms with Crippen LogP contribution in [0.15, 0.2) is 45.9 Å². The quantitative estimate of drug-likeness (QED) is 0.701. The molecular weight excluding hydrogens is 446 g/mol. The third kappa shape index (κ3) is 3.70. The van der Waals surface area contributed by atoms with Crippen LogP contribution in [0.5, 0.6) is 17.2 Å². The Morgan fingerprint density at radius 2 is 1.97 bits per heavy atom. The Morgan fingerprint density at radius 3 is 2.77 bits per heavy atom. The average molecular weight is 472 g/mol. The Bertz CT molecular complexity index is 986. The lowest BCUT2D eigenvalue weighted by atomic mass is 9.87. The Morgan fingerprint density at radius 1 is 1.17 bits per heavy atom. The molecule has 1 fully saturated rings. The van der Waals surface area contributed by atoms with Crippen LogP contribution in [0, 0.1) is 0 Å². The second kappa shape index (κ2) is 7.87. The summed E-state index contributed by atoms with van der Waals surface area (Å²) in [5, 5.41) is 14.4. The number of ether oxygens (including phenoxy) is 2. The number of benzene rings is 2. The van der Waals surface area contributed by atoms with Gasteiger partial charge in [-0.2, -0.15) is 0 Å². The van der Waals surface area contributed by atoms with Crippen LogP contribution in [0.4, 0.5) is 0 Å². The van der Waals surface area contributed by atoms with E-state index in [0.717, 1.165) is 65.3 Å². The molecule has 0 aromatic heterocycles. The van der Waals surface area contributed by atoms with E-state index >= 15 is 0 Å². The van der Waals surface area contributed by atoms with E-state index < -0.39 is 0 Å². The molecule has 3 aliphatic heterocycles. The molecule has 0 bridgehead atoms. The number of nitrogens with one attached hydrogen (secondary N) is 1. The summed E-state index contributed by atoms with van der Waals surface area (Å²) < 4.78 is 12.0. The van der Waals surface area contributed by atoms with Crippen LogP contribution < -0.4 is 14.8 Å². The topological polar surface area (TPSA) is 66.3 Å². The minimum absolute atomic E-state index is 0.0198. The fourth-order valence-electron chi connectivity index (χ4n) is 4.65. The fraction of sp³-hybridized carbons (Fsp3) is 0.435. The molecule has 2 aromatic carbocycles. The third-order valence-electron chi connectivity index (χ3n) is 6.39. The highest BCUT2D eigenvalue weighted by molar-refractivity contribution is 9.10. The maximum Gasteiger partial charge on any atom is 0.231 e. The second-order valence-electron chi connectivity index (χ2n) is 8.20. The number of piperidine rings is 1. The van der Waals surface area contributed by atoms with Gasteiger partial charge in [-0.1, -0.05) is 22.9 Å². The van der Waals surface area contributed by atoms with E-state index in [1.54, 1.807) is 6.07 Å². The van der Waals surface area contributed by atoms with Crippen molar-refractivity contribution in [2.75, 3.05) is 26.4 Å². The molecule has 0 amide bonds. The van der Waals surface area contributed by atoms with Gasteiger partial charge in [-0.15, -0.1) is 0 Å². The Kier molecular flexibility index (Phi) is 5.21. The zero-order valence-corrected chi connectivity index (χ0v) is 18.6. The first kappa shape index (κ1) is 19.8. The monoisotopic (exact) mass is 471 g/mol. The normalized spacial score (nSPS) is 22.9. The summed E-state index contributed by atoms with van der Waals surface area (Å²) in [7, 11) is 0. The molecule has 0 aliphatic carbocycles. The van der Waals surface area contributed by atoms with Crippen LogP contribution in [-0.4, -0.2) is 47.8 Å². The molecule has 0 unspecified atom stereocenters. The summed E-state index contributed by atoms with van der Waals surface area (Å²) >= 11 is 3.56. The zero-order valence-electron chi connectivity index (χ0n) is 17.0. The lowest BCUT2D eigenvalue weighted by Gasteiger charge is -2.45. The largest absolute Gasteiger partial charge is 0.508 e. The number of phenolic OH excluding ortho intramolecular Hbond substituents is 1. The molecular formula is C23H26BrN3O3. The van der Waals surface area contributed by atoms with Crippen LogP contribution in [0.2, 0.25) is 0 Å². The SMILES string of the molecule is CCN1CCC2(CC1)N=C(c1ccc3c(c1)OCO3)C[C@@H](c1cc(Br)ccc1O)N2. The highest BCUT2D eigenvalue weighted by Gasteiger charge is 2.40.